The number of rotatable bonds is 37. The fourth-order valence-corrected chi connectivity index (χ4v) is 6.15. The maximum atomic E-state index is 10.2. The molecule has 0 saturated carbocycles. The maximum Gasteiger partial charge on any atom is 0.303 e. The van der Waals surface area contributed by atoms with Gasteiger partial charge in [0, 0.05) is 19.5 Å². The summed E-state index contributed by atoms with van der Waals surface area (Å²) in [5.41, 5.74) is 0. The number of carbonyl (C=O) groups is 1. The third-order valence-electron chi connectivity index (χ3n) is 9.15. The molecule has 3 N–H and O–H groups in total. The second-order valence-electron chi connectivity index (χ2n) is 13.7. The van der Waals surface area contributed by atoms with Crippen molar-refractivity contribution in [1.29, 1.82) is 0 Å². The predicted octanol–water partition coefficient (Wildman–Crippen LogP) is 11.9. The van der Waals surface area contributed by atoms with Gasteiger partial charge in [-0.25, -0.2) is 0 Å². The van der Waals surface area contributed by atoms with Crippen LogP contribution in [-0.4, -0.2) is 59.0 Å². The fourth-order valence-electron chi connectivity index (χ4n) is 6.15. The Morgan fingerprint density at radius 3 is 0.867 bits per heavy atom. The summed E-state index contributed by atoms with van der Waals surface area (Å²) in [4.78, 5) is 12.4. The topological polar surface area (TPSA) is 81.0 Å². The number of carboxylic acids is 1. The third kappa shape index (κ3) is 45.5. The molecule has 0 rings (SSSR count). The van der Waals surface area contributed by atoms with Crippen LogP contribution in [0.2, 0.25) is 0 Å². The van der Waals surface area contributed by atoms with Crippen LogP contribution >= 0.6 is 0 Å². The molecular weight excluding hydrogens is 558 g/mol. The van der Waals surface area contributed by atoms with Crippen LogP contribution in [0.25, 0.3) is 0 Å². The second kappa shape index (κ2) is 43.4. The normalized spacial score (nSPS) is 11.2. The van der Waals surface area contributed by atoms with Crippen LogP contribution in [0.3, 0.4) is 0 Å². The Kier molecular flexibility index (Phi) is 44.8. The minimum absolute atomic E-state index is 0.194. The highest BCUT2D eigenvalue weighted by Crippen LogP contribution is 2.15. The predicted molar refractivity (Wildman–Crippen MR) is 197 cm³/mol. The first kappa shape index (κ1) is 46.5. The van der Waals surface area contributed by atoms with Crippen LogP contribution in [0.1, 0.15) is 219 Å². The van der Waals surface area contributed by atoms with E-state index in [2.05, 4.69) is 18.7 Å². The van der Waals surface area contributed by atoms with Crippen LogP contribution in [0, 0.1) is 0 Å². The Labute approximate surface area is 282 Å². The highest BCUT2D eigenvalue weighted by atomic mass is 16.4. The van der Waals surface area contributed by atoms with Crippen molar-refractivity contribution < 1.29 is 20.1 Å². The van der Waals surface area contributed by atoms with Crippen molar-refractivity contribution in [3.63, 3.8) is 0 Å². The standard InChI is InChI=1S/C28H59NO2.C12H24O2/c1-2-3-4-5-6-7-8-9-10-11-12-13-14-15-16-17-18-19-20-21-22-23-24-29(25-27-30)26-28-31;1-2-3-4-5-6-7-8-9-10-11-12(13)14/h30-31H,2-28H2,1H3;2-11H2,1H3,(H,13,14). The average molecular weight is 642 g/mol. The number of hydrogen-bond donors (Lipinski definition) is 3. The number of aliphatic hydroxyl groups excluding tert-OH is 2. The Morgan fingerprint density at radius 1 is 0.378 bits per heavy atom. The van der Waals surface area contributed by atoms with E-state index < -0.39 is 5.97 Å². The highest BCUT2D eigenvalue weighted by molar-refractivity contribution is 5.66. The number of nitrogens with zero attached hydrogens (tertiary/aromatic N) is 1. The molecule has 0 fully saturated rings. The first-order chi connectivity index (χ1) is 22.1. The molecule has 0 unspecified atom stereocenters. The van der Waals surface area contributed by atoms with Gasteiger partial charge < -0.3 is 15.3 Å². The number of unbranched alkanes of at least 4 members (excludes halogenated alkanes) is 29. The molecule has 0 aliphatic rings. The van der Waals surface area contributed by atoms with Crippen LogP contribution in [-0.2, 0) is 4.79 Å². The summed E-state index contributed by atoms with van der Waals surface area (Å²) in [5, 5.41) is 26.4. The summed E-state index contributed by atoms with van der Waals surface area (Å²) in [5.74, 6) is -0.659. The molecule has 0 radical (unpaired) electrons. The van der Waals surface area contributed by atoms with E-state index in [0.717, 1.165) is 19.4 Å². The van der Waals surface area contributed by atoms with Gasteiger partial charge in [-0.3, -0.25) is 9.69 Å². The Morgan fingerprint density at radius 2 is 0.622 bits per heavy atom. The summed E-state index contributed by atoms with van der Waals surface area (Å²) in [7, 11) is 0. The van der Waals surface area contributed by atoms with Gasteiger partial charge in [0.1, 0.15) is 0 Å². The molecule has 0 aromatic carbocycles. The van der Waals surface area contributed by atoms with Gasteiger partial charge in [0.2, 0.25) is 0 Å². The molecule has 0 bridgehead atoms. The number of aliphatic carboxylic acids is 1. The van der Waals surface area contributed by atoms with E-state index in [1.54, 1.807) is 0 Å². The molecule has 0 amide bonds. The van der Waals surface area contributed by atoms with Gasteiger partial charge in [-0.2, -0.15) is 0 Å². The van der Waals surface area contributed by atoms with E-state index in [9.17, 15) is 4.79 Å². The Balaban J connectivity index is 0. The van der Waals surface area contributed by atoms with E-state index in [1.165, 1.54) is 186 Å². The molecular formula is C40H83NO4. The van der Waals surface area contributed by atoms with Crippen molar-refractivity contribution in [2.24, 2.45) is 0 Å². The number of hydrogen-bond acceptors (Lipinski definition) is 4. The van der Waals surface area contributed by atoms with Gasteiger partial charge in [-0.05, 0) is 19.4 Å². The zero-order chi connectivity index (χ0) is 33.3. The van der Waals surface area contributed by atoms with Crippen LogP contribution in [0.15, 0.2) is 0 Å². The van der Waals surface area contributed by atoms with Crippen molar-refractivity contribution >= 4 is 5.97 Å². The minimum atomic E-state index is -0.659. The van der Waals surface area contributed by atoms with E-state index in [-0.39, 0.29) is 13.2 Å². The highest BCUT2D eigenvalue weighted by Gasteiger charge is 2.03. The zero-order valence-corrected chi connectivity index (χ0v) is 30.9. The van der Waals surface area contributed by atoms with Gasteiger partial charge in [0.25, 0.3) is 0 Å². The monoisotopic (exact) mass is 642 g/mol. The van der Waals surface area contributed by atoms with Crippen LogP contribution in [0.4, 0.5) is 0 Å². The first-order valence-corrected chi connectivity index (χ1v) is 20.3. The molecule has 0 aromatic rings. The zero-order valence-electron chi connectivity index (χ0n) is 30.9. The van der Waals surface area contributed by atoms with E-state index in [0.29, 0.717) is 19.5 Å². The molecule has 0 aliphatic carbocycles. The minimum Gasteiger partial charge on any atom is -0.481 e. The molecule has 5 nitrogen and oxygen atoms in total. The van der Waals surface area contributed by atoms with Crippen molar-refractivity contribution in [3.8, 4) is 0 Å². The van der Waals surface area contributed by atoms with Crippen molar-refractivity contribution in [2.75, 3.05) is 32.8 Å². The SMILES string of the molecule is CCCCCCCCCCCC(=O)O.CCCCCCCCCCCCCCCCCCCCCCCCN(CCO)CCO. The van der Waals surface area contributed by atoms with Gasteiger partial charge in [-0.1, -0.05) is 200 Å². The van der Waals surface area contributed by atoms with Crippen LogP contribution < -0.4 is 0 Å². The van der Waals surface area contributed by atoms with E-state index >= 15 is 0 Å². The molecule has 0 heterocycles. The average Bonchev–Trinajstić information content (AvgIpc) is 3.03. The summed E-state index contributed by atoms with van der Waals surface area (Å²) >= 11 is 0. The summed E-state index contributed by atoms with van der Waals surface area (Å²) in [6.07, 6.45) is 42.7. The lowest BCUT2D eigenvalue weighted by Gasteiger charge is -2.19. The summed E-state index contributed by atoms with van der Waals surface area (Å²) < 4.78 is 0. The summed E-state index contributed by atoms with van der Waals surface area (Å²) in [6.45, 7) is 7.31. The molecule has 0 aromatic heterocycles. The molecule has 0 atom stereocenters. The van der Waals surface area contributed by atoms with Crippen LogP contribution in [0.5, 0.6) is 0 Å². The van der Waals surface area contributed by atoms with Gasteiger partial charge in [0.05, 0.1) is 13.2 Å². The lowest BCUT2D eigenvalue weighted by Crippen LogP contribution is -2.30. The Hall–Kier alpha value is -0.650. The van der Waals surface area contributed by atoms with Gasteiger partial charge >= 0.3 is 5.97 Å². The third-order valence-corrected chi connectivity index (χ3v) is 9.15. The van der Waals surface area contributed by atoms with Gasteiger partial charge in [-0.15, -0.1) is 0 Å². The van der Waals surface area contributed by atoms with Crippen molar-refractivity contribution in [2.45, 2.75) is 219 Å². The molecule has 0 saturated heterocycles. The van der Waals surface area contributed by atoms with E-state index in [1.807, 2.05) is 0 Å². The largest absolute Gasteiger partial charge is 0.481 e. The van der Waals surface area contributed by atoms with Crippen molar-refractivity contribution in [3.05, 3.63) is 0 Å². The smallest absolute Gasteiger partial charge is 0.303 e. The summed E-state index contributed by atoms with van der Waals surface area (Å²) in [6, 6.07) is 0. The lowest BCUT2D eigenvalue weighted by molar-refractivity contribution is -0.137. The molecule has 0 aliphatic heterocycles. The van der Waals surface area contributed by atoms with Crippen molar-refractivity contribution in [1.82, 2.24) is 4.90 Å². The molecule has 5 heteroatoms. The molecule has 272 valence electrons. The van der Waals surface area contributed by atoms with Gasteiger partial charge in [0.15, 0.2) is 0 Å². The first-order valence-electron chi connectivity index (χ1n) is 20.3. The number of aliphatic hydroxyl groups is 2. The second-order valence-corrected chi connectivity index (χ2v) is 13.7. The maximum absolute atomic E-state index is 10.2. The number of carboxylic acid groups (broad SMARTS) is 1. The Bertz CT molecular complexity index is 524. The molecule has 0 spiro atoms. The lowest BCUT2D eigenvalue weighted by atomic mass is 10.0. The molecule has 45 heavy (non-hydrogen) atoms. The fraction of sp³-hybridized carbons (Fsp3) is 0.975. The quantitative estimate of drug-likeness (QED) is 0.0588. The van der Waals surface area contributed by atoms with E-state index in [4.69, 9.17) is 15.3 Å².